The number of nitrogens with one attached hydrogen (secondary N) is 2. The lowest BCUT2D eigenvalue weighted by atomic mass is 10.1. The summed E-state index contributed by atoms with van der Waals surface area (Å²) in [5.41, 5.74) is 0.508. The molecule has 2 N–H and O–H groups in total. The maximum Gasteiger partial charge on any atom is 0.251 e. The zero-order chi connectivity index (χ0) is 22.4. The Morgan fingerprint density at radius 3 is 2.74 bits per heavy atom. The zero-order valence-electron chi connectivity index (χ0n) is 17.3. The van der Waals surface area contributed by atoms with Crippen LogP contribution in [0.3, 0.4) is 0 Å². The summed E-state index contributed by atoms with van der Waals surface area (Å²) in [4.78, 5) is 12.6. The molecule has 1 saturated heterocycles. The van der Waals surface area contributed by atoms with Gasteiger partial charge in [-0.15, -0.1) is 0 Å². The van der Waals surface area contributed by atoms with Crippen LogP contribution >= 0.6 is 0 Å². The van der Waals surface area contributed by atoms with E-state index in [0.29, 0.717) is 12.2 Å². The van der Waals surface area contributed by atoms with Crippen molar-refractivity contribution in [2.75, 3.05) is 25.0 Å². The number of piperidine rings is 1. The summed E-state index contributed by atoms with van der Waals surface area (Å²) in [6, 6.07) is 12.0. The predicted octanol–water partition coefficient (Wildman–Crippen LogP) is 3.10. The van der Waals surface area contributed by atoms with Crippen molar-refractivity contribution < 1.29 is 17.6 Å². The SMILES string of the molecule is CC1CCCCN1S(=O)(=O)c1cccc(C(=O)NCCNc2cccc(F)c2C#N)c1. The first-order valence-electron chi connectivity index (χ1n) is 10.2. The van der Waals surface area contributed by atoms with Crippen molar-refractivity contribution in [3.8, 4) is 6.07 Å². The van der Waals surface area contributed by atoms with Crippen LogP contribution in [-0.2, 0) is 10.0 Å². The number of anilines is 1. The topological polar surface area (TPSA) is 102 Å². The summed E-state index contributed by atoms with van der Waals surface area (Å²) in [6.07, 6.45) is 2.66. The van der Waals surface area contributed by atoms with E-state index in [1.807, 2.05) is 6.92 Å². The van der Waals surface area contributed by atoms with Gasteiger partial charge in [-0.1, -0.05) is 18.6 Å². The highest BCUT2D eigenvalue weighted by atomic mass is 32.2. The minimum Gasteiger partial charge on any atom is -0.382 e. The largest absolute Gasteiger partial charge is 0.382 e. The van der Waals surface area contributed by atoms with Crippen LogP contribution in [0.15, 0.2) is 47.4 Å². The maximum absolute atomic E-state index is 13.6. The Bertz CT molecular complexity index is 1100. The molecule has 2 aromatic carbocycles. The van der Waals surface area contributed by atoms with Gasteiger partial charge in [-0.3, -0.25) is 4.79 Å². The van der Waals surface area contributed by atoms with Gasteiger partial charge in [0.25, 0.3) is 5.91 Å². The van der Waals surface area contributed by atoms with Crippen LogP contribution in [0.25, 0.3) is 0 Å². The predicted molar refractivity (Wildman–Crippen MR) is 116 cm³/mol. The standard InChI is InChI=1S/C22H25FN4O3S/c1-16-6-2-3-13-27(16)31(29,30)18-8-4-7-17(14-18)22(28)26-12-11-25-21-10-5-9-20(23)19(21)15-24/h4-5,7-10,14,16,25H,2-3,6,11-13H2,1H3,(H,26,28). The molecular formula is C22H25FN4O3S. The highest BCUT2D eigenvalue weighted by molar-refractivity contribution is 7.89. The number of benzene rings is 2. The molecule has 9 heteroatoms. The number of hydrogen-bond donors (Lipinski definition) is 2. The van der Waals surface area contributed by atoms with E-state index in [0.717, 1.165) is 19.3 Å². The molecule has 1 unspecified atom stereocenters. The van der Waals surface area contributed by atoms with Crippen molar-refractivity contribution >= 4 is 21.6 Å². The van der Waals surface area contributed by atoms with Crippen LogP contribution in [0.1, 0.15) is 42.1 Å². The van der Waals surface area contributed by atoms with Crippen molar-refractivity contribution in [3.63, 3.8) is 0 Å². The van der Waals surface area contributed by atoms with Gasteiger partial charge in [0.15, 0.2) is 0 Å². The average Bonchev–Trinajstić information content (AvgIpc) is 2.77. The fraction of sp³-hybridized carbons (Fsp3) is 0.364. The van der Waals surface area contributed by atoms with E-state index in [9.17, 15) is 17.6 Å². The van der Waals surface area contributed by atoms with Crippen LogP contribution in [0.5, 0.6) is 0 Å². The van der Waals surface area contributed by atoms with Crippen molar-refractivity contribution in [2.24, 2.45) is 0 Å². The highest BCUT2D eigenvalue weighted by Crippen LogP contribution is 2.25. The molecule has 1 fully saturated rings. The van der Waals surface area contributed by atoms with Crippen LogP contribution in [0.4, 0.5) is 10.1 Å². The van der Waals surface area contributed by atoms with E-state index < -0.39 is 21.7 Å². The third kappa shape index (κ3) is 5.21. The highest BCUT2D eigenvalue weighted by Gasteiger charge is 2.31. The molecule has 1 aliphatic heterocycles. The Kier molecular flexibility index (Phi) is 7.25. The number of sulfonamides is 1. The number of rotatable bonds is 7. The van der Waals surface area contributed by atoms with Crippen LogP contribution in [-0.4, -0.2) is 44.3 Å². The molecule has 164 valence electrons. The zero-order valence-corrected chi connectivity index (χ0v) is 18.1. The van der Waals surface area contributed by atoms with Gasteiger partial charge in [0.2, 0.25) is 10.0 Å². The molecular weight excluding hydrogens is 419 g/mol. The van der Waals surface area contributed by atoms with Crippen molar-refractivity contribution in [1.82, 2.24) is 9.62 Å². The maximum atomic E-state index is 13.6. The summed E-state index contributed by atoms with van der Waals surface area (Å²) in [5, 5.41) is 14.7. The second-order valence-electron chi connectivity index (χ2n) is 7.45. The Hall–Kier alpha value is -2.96. The number of halogens is 1. The van der Waals surface area contributed by atoms with E-state index in [4.69, 9.17) is 5.26 Å². The third-order valence-electron chi connectivity index (χ3n) is 5.30. The first kappa shape index (κ1) is 22.7. The van der Waals surface area contributed by atoms with E-state index in [2.05, 4.69) is 10.6 Å². The fourth-order valence-corrected chi connectivity index (χ4v) is 5.37. The van der Waals surface area contributed by atoms with Gasteiger partial charge >= 0.3 is 0 Å². The third-order valence-corrected chi connectivity index (χ3v) is 7.31. The molecule has 7 nitrogen and oxygen atoms in total. The number of nitriles is 1. The molecule has 1 aliphatic rings. The summed E-state index contributed by atoms with van der Waals surface area (Å²) in [7, 11) is -3.67. The molecule has 1 amide bonds. The van der Waals surface area contributed by atoms with E-state index in [1.54, 1.807) is 24.3 Å². The Morgan fingerprint density at radius 2 is 2.00 bits per heavy atom. The van der Waals surface area contributed by atoms with Gasteiger partial charge in [-0.2, -0.15) is 9.57 Å². The smallest absolute Gasteiger partial charge is 0.251 e. The van der Waals surface area contributed by atoms with Crippen LogP contribution in [0.2, 0.25) is 0 Å². The normalized spacial score (nSPS) is 17.0. The molecule has 3 rings (SSSR count). The van der Waals surface area contributed by atoms with Crippen molar-refractivity contribution in [2.45, 2.75) is 37.1 Å². The van der Waals surface area contributed by atoms with Gasteiger partial charge in [0.05, 0.1) is 10.6 Å². The number of nitrogens with zero attached hydrogens (tertiary/aromatic N) is 2. The monoisotopic (exact) mass is 444 g/mol. The molecule has 0 aromatic heterocycles. The first-order valence-corrected chi connectivity index (χ1v) is 11.6. The second kappa shape index (κ2) is 9.90. The van der Waals surface area contributed by atoms with Crippen molar-refractivity contribution in [3.05, 3.63) is 59.4 Å². The molecule has 2 aromatic rings. The van der Waals surface area contributed by atoms with E-state index in [1.165, 1.54) is 28.6 Å². The molecule has 1 heterocycles. The molecule has 0 spiro atoms. The lowest BCUT2D eigenvalue weighted by Gasteiger charge is -2.32. The summed E-state index contributed by atoms with van der Waals surface area (Å²) in [6.45, 7) is 2.86. The summed E-state index contributed by atoms with van der Waals surface area (Å²) < 4.78 is 41.1. The first-order chi connectivity index (χ1) is 14.8. The average molecular weight is 445 g/mol. The molecule has 0 saturated carbocycles. The summed E-state index contributed by atoms with van der Waals surface area (Å²) in [5.74, 6) is -1.03. The second-order valence-corrected chi connectivity index (χ2v) is 9.34. The minimum absolute atomic E-state index is 0.0663. The van der Waals surface area contributed by atoms with Crippen molar-refractivity contribution in [1.29, 1.82) is 5.26 Å². The fourth-order valence-electron chi connectivity index (χ4n) is 3.62. The van der Waals surface area contributed by atoms with Gasteiger partial charge in [0, 0.05) is 31.2 Å². The quantitative estimate of drug-likeness (QED) is 0.639. The minimum atomic E-state index is -3.67. The summed E-state index contributed by atoms with van der Waals surface area (Å²) >= 11 is 0. The number of amides is 1. The Balaban J connectivity index is 1.62. The van der Waals surface area contributed by atoms with E-state index in [-0.39, 0.29) is 35.2 Å². The number of carbonyl (C=O) groups is 1. The van der Waals surface area contributed by atoms with Crippen LogP contribution < -0.4 is 10.6 Å². The molecule has 1 atom stereocenters. The van der Waals surface area contributed by atoms with Crippen LogP contribution in [0, 0.1) is 17.1 Å². The Morgan fingerprint density at radius 1 is 1.23 bits per heavy atom. The van der Waals surface area contributed by atoms with Gasteiger partial charge in [0.1, 0.15) is 17.4 Å². The number of hydrogen-bond acceptors (Lipinski definition) is 5. The molecule has 0 aliphatic carbocycles. The lowest BCUT2D eigenvalue weighted by Crippen LogP contribution is -2.42. The molecule has 31 heavy (non-hydrogen) atoms. The van der Waals surface area contributed by atoms with E-state index >= 15 is 0 Å². The van der Waals surface area contributed by atoms with Gasteiger partial charge in [-0.05, 0) is 50.1 Å². The molecule has 0 radical (unpaired) electrons. The Labute approximate surface area is 181 Å². The van der Waals surface area contributed by atoms with Gasteiger partial charge in [-0.25, -0.2) is 12.8 Å². The lowest BCUT2D eigenvalue weighted by molar-refractivity contribution is 0.0955. The number of carbonyl (C=O) groups excluding carboxylic acids is 1. The molecule has 0 bridgehead atoms. The van der Waals surface area contributed by atoms with Gasteiger partial charge < -0.3 is 10.6 Å².